The van der Waals surface area contributed by atoms with Gasteiger partial charge in [-0.3, -0.25) is 4.79 Å². The zero-order chi connectivity index (χ0) is 11.9. The quantitative estimate of drug-likeness (QED) is 0.782. The summed E-state index contributed by atoms with van der Waals surface area (Å²) in [5.41, 5.74) is 2.36. The van der Waals surface area contributed by atoms with Crippen LogP contribution in [0.25, 0.3) is 5.76 Å². The Balaban J connectivity index is 2.69. The predicted octanol–water partition coefficient (Wildman–Crippen LogP) is 3.23. The topological polar surface area (TPSA) is 37.3 Å². The molecule has 0 amide bonds. The Hall–Kier alpha value is -1.57. The number of ketones is 1. The van der Waals surface area contributed by atoms with E-state index in [4.69, 9.17) is 0 Å². The van der Waals surface area contributed by atoms with Crippen molar-refractivity contribution in [1.82, 2.24) is 0 Å². The van der Waals surface area contributed by atoms with Crippen molar-refractivity contribution in [3.63, 3.8) is 0 Å². The Labute approximate surface area is 95.6 Å². The first kappa shape index (κ1) is 10.9. The fourth-order valence-electron chi connectivity index (χ4n) is 2.35. The minimum atomic E-state index is -0.0934. The summed E-state index contributed by atoms with van der Waals surface area (Å²) in [6.07, 6.45) is 0.602. The van der Waals surface area contributed by atoms with Crippen molar-refractivity contribution in [3.8, 4) is 0 Å². The van der Waals surface area contributed by atoms with Gasteiger partial charge in [-0.05, 0) is 24.3 Å². The van der Waals surface area contributed by atoms with Gasteiger partial charge in [-0.15, -0.1) is 0 Å². The van der Waals surface area contributed by atoms with E-state index in [9.17, 15) is 9.90 Å². The van der Waals surface area contributed by atoms with E-state index in [0.717, 1.165) is 11.1 Å². The number of benzene rings is 1. The van der Waals surface area contributed by atoms with Crippen molar-refractivity contribution >= 4 is 11.5 Å². The Bertz CT molecular complexity index is 481. The lowest BCUT2D eigenvalue weighted by atomic mass is 9.71. The second kappa shape index (κ2) is 3.48. The van der Waals surface area contributed by atoms with Gasteiger partial charge in [0.2, 0.25) is 0 Å². The standard InChI is InChI=1S/C14H16O2/c1-9(15)11-8-14(2,3)12-7-5-4-6-10(12)13(11)16/h4-7,16H,8H2,1-3H3. The summed E-state index contributed by atoms with van der Waals surface area (Å²) in [6.45, 7) is 5.71. The van der Waals surface area contributed by atoms with Gasteiger partial charge in [0.25, 0.3) is 0 Å². The van der Waals surface area contributed by atoms with E-state index >= 15 is 0 Å². The normalized spacial score (nSPS) is 18.2. The molecule has 1 aliphatic carbocycles. The molecule has 1 aromatic carbocycles. The minimum Gasteiger partial charge on any atom is -0.507 e. The molecule has 0 radical (unpaired) electrons. The number of rotatable bonds is 1. The maximum Gasteiger partial charge on any atom is 0.159 e. The molecule has 0 bridgehead atoms. The van der Waals surface area contributed by atoms with Gasteiger partial charge in [0, 0.05) is 11.1 Å². The summed E-state index contributed by atoms with van der Waals surface area (Å²) in [4.78, 5) is 11.5. The van der Waals surface area contributed by atoms with E-state index in [0.29, 0.717) is 12.0 Å². The molecule has 0 unspecified atom stereocenters. The summed E-state index contributed by atoms with van der Waals surface area (Å²) in [6, 6.07) is 7.73. The molecule has 1 aliphatic rings. The number of aliphatic hydroxyl groups excluding tert-OH is 1. The van der Waals surface area contributed by atoms with Crippen molar-refractivity contribution in [2.24, 2.45) is 0 Å². The van der Waals surface area contributed by atoms with Crippen molar-refractivity contribution < 1.29 is 9.90 Å². The molecule has 2 heteroatoms. The third-order valence-electron chi connectivity index (χ3n) is 3.24. The number of aliphatic hydroxyl groups is 1. The SMILES string of the molecule is CC(=O)C1=C(O)c2ccccc2C(C)(C)C1. The number of allylic oxidation sites excluding steroid dienone is 1. The van der Waals surface area contributed by atoms with Gasteiger partial charge < -0.3 is 5.11 Å². The van der Waals surface area contributed by atoms with E-state index in [2.05, 4.69) is 13.8 Å². The second-order valence-electron chi connectivity index (χ2n) is 4.99. The van der Waals surface area contributed by atoms with Crippen LogP contribution < -0.4 is 0 Å². The van der Waals surface area contributed by atoms with Crippen LogP contribution in [0.4, 0.5) is 0 Å². The van der Waals surface area contributed by atoms with Crippen molar-refractivity contribution in [2.75, 3.05) is 0 Å². The Morgan fingerprint density at radius 2 is 1.94 bits per heavy atom. The molecule has 0 aromatic heterocycles. The second-order valence-corrected chi connectivity index (χ2v) is 4.99. The Kier molecular flexibility index (Phi) is 2.38. The summed E-state index contributed by atoms with van der Waals surface area (Å²) in [5, 5.41) is 10.1. The fourth-order valence-corrected chi connectivity index (χ4v) is 2.35. The molecule has 1 N–H and O–H groups in total. The van der Waals surface area contributed by atoms with Crippen molar-refractivity contribution in [2.45, 2.75) is 32.6 Å². The number of Topliss-reactive ketones (excluding diaryl/α,β-unsaturated/α-hetero) is 1. The highest BCUT2D eigenvalue weighted by Crippen LogP contribution is 2.41. The third kappa shape index (κ3) is 1.54. The van der Waals surface area contributed by atoms with Crippen LogP contribution in [-0.4, -0.2) is 10.9 Å². The monoisotopic (exact) mass is 216 g/mol. The van der Waals surface area contributed by atoms with Crippen LogP contribution >= 0.6 is 0 Å². The minimum absolute atomic E-state index is 0.0416. The van der Waals surface area contributed by atoms with Gasteiger partial charge in [0.05, 0.1) is 0 Å². The van der Waals surface area contributed by atoms with Crippen molar-refractivity contribution in [3.05, 3.63) is 41.0 Å². The molecule has 0 saturated carbocycles. The van der Waals surface area contributed by atoms with Crippen LogP contribution in [0.5, 0.6) is 0 Å². The third-order valence-corrected chi connectivity index (χ3v) is 3.24. The van der Waals surface area contributed by atoms with Crippen LogP contribution in [0.3, 0.4) is 0 Å². The zero-order valence-electron chi connectivity index (χ0n) is 9.87. The van der Waals surface area contributed by atoms with Gasteiger partial charge in [-0.25, -0.2) is 0 Å². The molecule has 0 aliphatic heterocycles. The van der Waals surface area contributed by atoms with Gasteiger partial charge in [-0.2, -0.15) is 0 Å². The average Bonchev–Trinajstić information content (AvgIpc) is 2.23. The lowest BCUT2D eigenvalue weighted by Crippen LogP contribution is -2.26. The number of fused-ring (bicyclic) bond motifs is 1. The van der Waals surface area contributed by atoms with E-state index in [1.807, 2.05) is 24.3 Å². The van der Waals surface area contributed by atoms with Crippen molar-refractivity contribution in [1.29, 1.82) is 0 Å². The van der Waals surface area contributed by atoms with Gasteiger partial charge in [-0.1, -0.05) is 38.1 Å². The first-order valence-electron chi connectivity index (χ1n) is 5.46. The van der Waals surface area contributed by atoms with Gasteiger partial charge >= 0.3 is 0 Å². The summed E-state index contributed by atoms with van der Waals surface area (Å²) < 4.78 is 0. The van der Waals surface area contributed by atoms with Crippen LogP contribution in [0, 0.1) is 0 Å². The molecule has 2 rings (SSSR count). The van der Waals surface area contributed by atoms with E-state index < -0.39 is 0 Å². The number of hydrogen-bond donors (Lipinski definition) is 1. The molecule has 0 saturated heterocycles. The lowest BCUT2D eigenvalue weighted by molar-refractivity contribution is -0.113. The molecule has 0 fully saturated rings. The number of carbonyl (C=O) groups excluding carboxylic acids is 1. The Morgan fingerprint density at radius 1 is 1.31 bits per heavy atom. The van der Waals surface area contributed by atoms with E-state index in [-0.39, 0.29) is 17.0 Å². The van der Waals surface area contributed by atoms with E-state index in [1.54, 1.807) is 0 Å². The fraction of sp³-hybridized carbons (Fsp3) is 0.357. The largest absolute Gasteiger partial charge is 0.507 e. The Morgan fingerprint density at radius 3 is 2.56 bits per heavy atom. The molecule has 84 valence electrons. The summed E-state index contributed by atoms with van der Waals surface area (Å²) in [5.74, 6) is 0.113. The van der Waals surface area contributed by atoms with Crippen LogP contribution in [-0.2, 0) is 10.2 Å². The highest BCUT2D eigenvalue weighted by molar-refractivity contribution is 6.01. The van der Waals surface area contributed by atoms with Crippen LogP contribution in [0.15, 0.2) is 29.8 Å². The molecule has 0 atom stereocenters. The average molecular weight is 216 g/mol. The molecule has 16 heavy (non-hydrogen) atoms. The van der Waals surface area contributed by atoms with Gasteiger partial charge in [0.15, 0.2) is 5.78 Å². The highest BCUT2D eigenvalue weighted by Gasteiger charge is 2.33. The number of hydrogen-bond acceptors (Lipinski definition) is 2. The first-order chi connectivity index (χ1) is 7.43. The highest BCUT2D eigenvalue weighted by atomic mass is 16.3. The van der Waals surface area contributed by atoms with Gasteiger partial charge in [0.1, 0.15) is 5.76 Å². The predicted molar refractivity (Wildman–Crippen MR) is 64.3 cm³/mol. The zero-order valence-corrected chi connectivity index (χ0v) is 9.87. The summed E-state index contributed by atoms with van der Waals surface area (Å²) in [7, 11) is 0. The summed E-state index contributed by atoms with van der Waals surface area (Å²) >= 11 is 0. The molecular formula is C14H16O2. The maximum absolute atomic E-state index is 11.5. The molecule has 0 heterocycles. The lowest BCUT2D eigenvalue weighted by Gasteiger charge is -2.33. The smallest absolute Gasteiger partial charge is 0.159 e. The van der Waals surface area contributed by atoms with Crippen LogP contribution in [0.1, 0.15) is 38.3 Å². The number of carbonyl (C=O) groups is 1. The molecule has 1 aromatic rings. The van der Waals surface area contributed by atoms with Crippen LogP contribution in [0.2, 0.25) is 0 Å². The first-order valence-corrected chi connectivity index (χ1v) is 5.46. The molecule has 0 spiro atoms. The van der Waals surface area contributed by atoms with E-state index in [1.165, 1.54) is 6.92 Å². The maximum atomic E-state index is 11.5. The molecule has 2 nitrogen and oxygen atoms in total. The molecular weight excluding hydrogens is 200 g/mol.